The van der Waals surface area contributed by atoms with Crippen molar-refractivity contribution >= 4 is 11.9 Å². The molecule has 0 saturated carbocycles. The number of hydrogen-bond donors (Lipinski definition) is 2. The molecule has 0 radical (unpaired) electrons. The standard InChI is InChI=1S/C20H24F2N4O3/c1-12(2)9-20(3,23)11-29-16-10-25-15(8-14(16)18(21)22)13-5-6-24-17(7-13)26-19(27)28-4/h5-8,10,18H,1,9,11,23H2,2-4H3,(H,24,26,27)/t20-/m1/s1. The zero-order valence-corrected chi connectivity index (χ0v) is 16.5. The molecule has 0 fully saturated rings. The molecule has 0 saturated heterocycles. The number of halogens is 2. The molecule has 2 aromatic rings. The molecule has 0 bridgehead atoms. The van der Waals surface area contributed by atoms with Crippen LogP contribution in [0, 0.1) is 0 Å². The molecular formula is C20H24F2N4O3. The fourth-order valence-corrected chi connectivity index (χ4v) is 2.70. The second kappa shape index (κ2) is 9.42. The summed E-state index contributed by atoms with van der Waals surface area (Å²) in [5.41, 5.74) is 6.72. The van der Waals surface area contributed by atoms with E-state index >= 15 is 0 Å². The number of hydrogen-bond acceptors (Lipinski definition) is 6. The first kappa shape index (κ1) is 22.2. The van der Waals surface area contributed by atoms with E-state index in [1.165, 1.54) is 31.6 Å². The summed E-state index contributed by atoms with van der Waals surface area (Å²) in [6.07, 6.45) is -0.311. The van der Waals surface area contributed by atoms with Gasteiger partial charge in [-0.05, 0) is 38.5 Å². The SMILES string of the molecule is C=C(C)C[C@@](C)(N)COc1cnc(-c2ccnc(NC(=O)OC)c2)cc1C(F)F. The molecule has 7 nitrogen and oxygen atoms in total. The fraction of sp³-hybridized carbons (Fsp3) is 0.350. The van der Waals surface area contributed by atoms with E-state index in [1.807, 2.05) is 6.92 Å². The van der Waals surface area contributed by atoms with Crippen LogP contribution in [0.1, 0.15) is 32.3 Å². The van der Waals surface area contributed by atoms with Crippen molar-refractivity contribution in [2.45, 2.75) is 32.2 Å². The zero-order chi connectivity index (χ0) is 21.6. The first-order chi connectivity index (χ1) is 13.6. The van der Waals surface area contributed by atoms with Crippen LogP contribution in [0.5, 0.6) is 5.75 Å². The lowest BCUT2D eigenvalue weighted by Gasteiger charge is -2.25. The van der Waals surface area contributed by atoms with E-state index in [-0.39, 0.29) is 29.4 Å². The van der Waals surface area contributed by atoms with Gasteiger partial charge < -0.3 is 15.2 Å². The van der Waals surface area contributed by atoms with Crippen LogP contribution in [-0.2, 0) is 4.74 Å². The third-order valence-corrected chi connectivity index (χ3v) is 3.87. The lowest BCUT2D eigenvalue weighted by atomic mass is 9.96. The Morgan fingerprint density at radius 1 is 1.38 bits per heavy atom. The monoisotopic (exact) mass is 406 g/mol. The number of nitrogens with two attached hydrogens (primary N) is 1. The Balaban J connectivity index is 2.27. The van der Waals surface area contributed by atoms with Gasteiger partial charge in [0.05, 0.1) is 30.1 Å². The number of ether oxygens (including phenoxy) is 2. The average Bonchev–Trinajstić information content (AvgIpc) is 2.65. The second-order valence-corrected chi connectivity index (χ2v) is 7.03. The van der Waals surface area contributed by atoms with E-state index in [9.17, 15) is 13.6 Å². The molecule has 2 aromatic heterocycles. The maximum Gasteiger partial charge on any atom is 0.412 e. The molecule has 9 heteroatoms. The highest BCUT2D eigenvalue weighted by Gasteiger charge is 2.23. The minimum atomic E-state index is -2.77. The summed E-state index contributed by atoms with van der Waals surface area (Å²) in [5.74, 6) is 0.165. The van der Waals surface area contributed by atoms with Crippen LogP contribution in [0.15, 0.2) is 42.7 Å². The minimum absolute atomic E-state index is 0.0308. The Labute approximate surface area is 167 Å². The molecular weight excluding hydrogens is 382 g/mol. The van der Waals surface area contributed by atoms with Gasteiger partial charge in [-0.15, -0.1) is 6.58 Å². The first-order valence-corrected chi connectivity index (χ1v) is 8.77. The summed E-state index contributed by atoms with van der Waals surface area (Å²) in [6, 6.07) is 4.33. The summed E-state index contributed by atoms with van der Waals surface area (Å²) >= 11 is 0. The summed E-state index contributed by atoms with van der Waals surface area (Å²) in [4.78, 5) is 19.5. The number of carbonyl (C=O) groups is 1. The fourth-order valence-electron chi connectivity index (χ4n) is 2.70. The van der Waals surface area contributed by atoms with Gasteiger partial charge in [-0.2, -0.15) is 0 Å². The second-order valence-electron chi connectivity index (χ2n) is 7.03. The highest BCUT2D eigenvalue weighted by molar-refractivity contribution is 5.84. The summed E-state index contributed by atoms with van der Waals surface area (Å²) in [6.45, 7) is 7.44. The number of methoxy groups -OCH3 is 1. The van der Waals surface area contributed by atoms with Crippen LogP contribution in [0.3, 0.4) is 0 Å². The van der Waals surface area contributed by atoms with Crippen molar-refractivity contribution in [3.63, 3.8) is 0 Å². The normalized spacial score (nSPS) is 12.9. The number of nitrogens with zero attached hydrogens (tertiary/aromatic N) is 2. The van der Waals surface area contributed by atoms with E-state index in [1.54, 1.807) is 13.0 Å². The quantitative estimate of drug-likeness (QED) is 0.634. The van der Waals surface area contributed by atoms with Gasteiger partial charge in [0.1, 0.15) is 18.2 Å². The van der Waals surface area contributed by atoms with Crippen LogP contribution < -0.4 is 15.8 Å². The molecule has 2 heterocycles. The van der Waals surface area contributed by atoms with Gasteiger partial charge in [-0.25, -0.2) is 18.6 Å². The van der Waals surface area contributed by atoms with Crippen molar-refractivity contribution in [2.75, 3.05) is 19.0 Å². The molecule has 0 aliphatic carbocycles. The molecule has 1 atom stereocenters. The minimum Gasteiger partial charge on any atom is -0.490 e. The molecule has 29 heavy (non-hydrogen) atoms. The van der Waals surface area contributed by atoms with Gasteiger partial charge in [0, 0.05) is 11.8 Å². The largest absolute Gasteiger partial charge is 0.490 e. The number of nitrogens with one attached hydrogen (secondary N) is 1. The number of rotatable bonds is 8. The van der Waals surface area contributed by atoms with Gasteiger partial charge in [0.2, 0.25) is 0 Å². The Hall–Kier alpha value is -3.07. The number of pyridine rings is 2. The lowest BCUT2D eigenvalue weighted by Crippen LogP contribution is -2.42. The number of carbonyl (C=O) groups excluding carboxylic acids is 1. The molecule has 0 spiro atoms. The molecule has 1 amide bonds. The number of alkyl halides is 2. The third-order valence-electron chi connectivity index (χ3n) is 3.87. The van der Waals surface area contributed by atoms with E-state index in [2.05, 4.69) is 26.6 Å². The van der Waals surface area contributed by atoms with Crippen molar-refractivity contribution < 1.29 is 23.0 Å². The molecule has 0 unspecified atom stereocenters. The Morgan fingerprint density at radius 3 is 2.72 bits per heavy atom. The highest BCUT2D eigenvalue weighted by Crippen LogP contribution is 2.32. The van der Waals surface area contributed by atoms with Gasteiger partial charge in [-0.1, -0.05) is 5.57 Å². The van der Waals surface area contributed by atoms with Gasteiger partial charge in [0.15, 0.2) is 0 Å². The van der Waals surface area contributed by atoms with Gasteiger partial charge >= 0.3 is 6.09 Å². The third kappa shape index (κ3) is 6.49. The van der Waals surface area contributed by atoms with E-state index in [0.29, 0.717) is 12.0 Å². The molecule has 156 valence electrons. The topological polar surface area (TPSA) is 99.4 Å². The smallest absolute Gasteiger partial charge is 0.412 e. The van der Waals surface area contributed by atoms with Crippen LogP contribution >= 0.6 is 0 Å². The average molecular weight is 406 g/mol. The van der Waals surface area contributed by atoms with Crippen molar-refractivity contribution in [1.82, 2.24) is 9.97 Å². The van der Waals surface area contributed by atoms with Gasteiger partial charge in [0.25, 0.3) is 6.43 Å². The Bertz CT molecular complexity index is 888. The number of anilines is 1. The lowest BCUT2D eigenvalue weighted by molar-refractivity contribution is 0.141. The summed E-state index contributed by atoms with van der Waals surface area (Å²) in [5, 5.41) is 2.41. The van der Waals surface area contributed by atoms with Crippen molar-refractivity contribution in [1.29, 1.82) is 0 Å². The van der Waals surface area contributed by atoms with Crippen LogP contribution in [0.4, 0.5) is 19.4 Å². The first-order valence-electron chi connectivity index (χ1n) is 8.77. The van der Waals surface area contributed by atoms with E-state index < -0.39 is 18.1 Å². The van der Waals surface area contributed by atoms with Crippen molar-refractivity contribution in [3.05, 3.63) is 48.3 Å². The number of amides is 1. The predicted octanol–water partition coefficient (Wildman–Crippen LogP) is 4.32. The van der Waals surface area contributed by atoms with Crippen molar-refractivity contribution in [2.24, 2.45) is 5.73 Å². The summed E-state index contributed by atoms with van der Waals surface area (Å²) in [7, 11) is 1.22. The Kier molecular flexibility index (Phi) is 7.22. The van der Waals surface area contributed by atoms with Crippen LogP contribution in [0.25, 0.3) is 11.3 Å². The van der Waals surface area contributed by atoms with Crippen molar-refractivity contribution in [3.8, 4) is 17.0 Å². The predicted molar refractivity (Wildman–Crippen MR) is 106 cm³/mol. The molecule has 2 rings (SSSR count). The molecule has 0 aromatic carbocycles. The van der Waals surface area contributed by atoms with Crippen LogP contribution in [-0.4, -0.2) is 35.3 Å². The molecule has 0 aliphatic rings. The van der Waals surface area contributed by atoms with Crippen LogP contribution in [0.2, 0.25) is 0 Å². The zero-order valence-electron chi connectivity index (χ0n) is 16.5. The maximum atomic E-state index is 13.6. The molecule has 3 N–H and O–H groups in total. The highest BCUT2D eigenvalue weighted by atomic mass is 19.3. The van der Waals surface area contributed by atoms with Gasteiger partial charge in [-0.3, -0.25) is 10.3 Å². The molecule has 0 aliphatic heterocycles. The Morgan fingerprint density at radius 2 is 2.10 bits per heavy atom. The van der Waals surface area contributed by atoms with E-state index in [4.69, 9.17) is 10.5 Å². The van der Waals surface area contributed by atoms with E-state index in [0.717, 1.165) is 5.57 Å². The number of aromatic nitrogens is 2. The maximum absolute atomic E-state index is 13.6. The summed E-state index contributed by atoms with van der Waals surface area (Å²) < 4.78 is 37.3.